The fourth-order valence-corrected chi connectivity index (χ4v) is 3.42. The van der Waals surface area contributed by atoms with Gasteiger partial charge in [-0.15, -0.1) is 11.3 Å². The number of amides is 1. The van der Waals surface area contributed by atoms with Gasteiger partial charge in [0.1, 0.15) is 11.6 Å². The van der Waals surface area contributed by atoms with E-state index in [1.807, 2.05) is 50.4 Å². The molecule has 26 heavy (non-hydrogen) atoms. The molecule has 0 aliphatic rings. The van der Waals surface area contributed by atoms with Crippen LogP contribution < -0.4 is 10.6 Å². The van der Waals surface area contributed by atoms with Crippen LogP contribution in [0.3, 0.4) is 0 Å². The first kappa shape index (κ1) is 18.0. The topological polar surface area (TPSA) is 79.8 Å². The molecule has 1 amide bonds. The van der Waals surface area contributed by atoms with E-state index in [2.05, 4.69) is 25.6 Å². The van der Waals surface area contributed by atoms with Crippen molar-refractivity contribution in [1.29, 1.82) is 0 Å². The lowest BCUT2D eigenvalue weighted by molar-refractivity contribution is -0.120. The third kappa shape index (κ3) is 4.43. The van der Waals surface area contributed by atoms with Crippen LogP contribution in [0.5, 0.6) is 0 Å². The average Bonchev–Trinajstić information content (AvgIpc) is 3.12. The van der Waals surface area contributed by atoms with Gasteiger partial charge in [0.2, 0.25) is 5.91 Å². The van der Waals surface area contributed by atoms with Crippen molar-refractivity contribution in [3.8, 4) is 10.6 Å². The lowest BCUT2D eigenvalue weighted by Crippen LogP contribution is -2.19. The molecule has 6 nitrogen and oxygen atoms in total. The molecule has 0 fully saturated rings. The van der Waals surface area contributed by atoms with Gasteiger partial charge >= 0.3 is 0 Å². The molecule has 0 saturated carbocycles. The van der Waals surface area contributed by atoms with Gasteiger partial charge in [-0.05, 0) is 36.8 Å². The third-order valence-corrected chi connectivity index (χ3v) is 5.14. The van der Waals surface area contributed by atoms with Crippen LogP contribution in [0, 0.1) is 6.92 Å². The number of hydrogen-bond acceptors (Lipinski definition) is 6. The lowest BCUT2D eigenvalue weighted by atomic mass is 10.1. The SMILES string of the molecule is CNC(=O)C[C@H](C)c1ncc(-c2cccc(Nc3cc(C)ccn3)n2)s1. The molecule has 0 saturated heterocycles. The maximum Gasteiger partial charge on any atom is 0.220 e. The maximum atomic E-state index is 11.6. The van der Waals surface area contributed by atoms with E-state index in [-0.39, 0.29) is 11.8 Å². The monoisotopic (exact) mass is 367 g/mol. The van der Waals surface area contributed by atoms with Crippen LogP contribution in [0.4, 0.5) is 11.6 Å². The standard InChI is InChI=1S/C19H21N5OS/c1-12-7-8-21-17(9-12)24-16-6-4-5-14(23-16)15-11-22-19(26-15)13(2)10-18(25)20-3/h4-9,11,13H,10H2,1-3H3,(H,20,25)(H,21,23,24)/t13-/m0/s1. The van der Waals surface area contributed by atoms with Crippen LogP contribution in [-0.4, -0.2) is 27.9 Å². The van der Waals surface area contributed by atoms with Gasteiger partial charge in [0.15, 0.2) is 0 Å². The van der Waals surface area contributed by atoms with E-state index in [0.717, 1.165) is 32.8 Å². The number of pyridine rings is 2. The normalized spacial score (nSPS) is 11.8. The molecular formula is C19H21N5OS. The van der Waals surface area contributed by atoms with E-state index in [1.165, 1.54) is 0 Å². The van der Waals surface area contributed by atoms with Crippen LogP contribution in [0.1, 0.15) is 29.8 Å². The van der Waals surface area contributed by atoms with Crippen molar-refractivity contribution >= 4 is 28.9 Å². The Kier molecular flexibility index (Phi) is 5.58. The molecule has 0 aliphatic carbocycles. The molecule has 3 aromatic heterocycles. The van der Waals surface area contributed by atoms with E-state index >= 15 is 0 Å². The zero-order valence-corrected chi connectivity index (χ0v) is 15.8. The molecule has 3 aromatic rings. The Morgan fingerprint density at radius 3 is 2.85 bits per heavy atom. The molecule has 7 heteroatoms. The number of carbonyl (C=O) groups excluding carboxylic acids is 1. The predicted octanol–water partition coefficient (Wildman–Crippen LogP) is 3.89. The Morgan fingerprint density at radius 1 is 1.23 bits per heavy atom. The highest BCUT2D eigenvalue weighted by Crippen LogP contribution is 2.31. The molecule has 0 bridgehead atoms. The highest BCUT2D eigenvalue weighted by molar-refractivity contribution is 7.15. The van der Waals surface area contributed by atoms with Gasteiger partial charge in [-0.1, -0.05) is 13.0 Å². The molecule has 2 N–H and O–H groups in total. The molecule has 0 aliphatic heterocycles. The fourth-order valence-electron chi connectivity index (χ4n) is 2.48. The van der Waals surface area contributed by atoms with Gasteiger partial charge in [-0.2, -0.15) is 0 Å². The number of nitrogens with one attached hydrogen (secondary N) is 2. The van der Waals surface area contributed by atoms with Crippen molar-refractivity contribution in [1.82, 2.24) is 20.3 Å². The minimum Gasteiger partial charge on any atom is -0.359 e. The minimum atomic E-state index is 0.0178. The first-order chi connectivity index (χ1) is 12.5. The molecule has 0 unspecified atom stereocenters. The smallest absolute Gasteiger partial charge is 0.220 e. The van der Waals surface area contributed by atoms with Crippen LogP contribution in [-0.2, 0) is 4.79 Å². The highest BCUT2D eigenvalue weighted by atomic mass is 32.1. The van der Waals surface area contributed by atoms with Crippen molar-refractivity contribution in [2.24, 2.45) is 0 Å². The molecule has 0 spiro atoms. The largest absolute Gasteiger partial charge is 0.359 e. The second-order valence-electron chi connectivity index (χ2n) is 6.09. The number of rotatable bonds is 6. The molecule has 3 rings (SSSR count). The van der Waals surface area contributed by atoms with E-state index in [1.54, 1.807) is 24.6 Å². The summed E-state index contributed by atoms with van der Waals surface area (Å²) in [6.45, 7) is 4.03. The summed E-state index contributed by atoms with van der Waals surface area (Å²) in [5, 5.41) is 6.81. The van der Waals surface area contributed by atoms with Gasteiger partial charge in [-0.3, -0.25) is 4.79 Å². The van der Waals surface area contributed by atoms with E-state index in [0.29, 0.717) is 6.42 Å². The molecule has 1 atom stereocenters. The lowest BCUT2D eigenvalue weighted by Gasteiger charge is -2.07. The molecule has 134 valence electrons. The van der Waals surface area contributed by atoms with Crippen LogP contribution >= 0.6 is 11.3 Å². The van der Waals surface area contributed by atoms with Crippen LogP contribution in [0.15, 0.2) is 42.7 Å². The fraction of sp³-hybridized carbons (Fsp3) is 0.263. The second-order valence-corrected chi connectivity index (χ2v) is 7.15. The number of thiazole rings is 1. The molecule has 0 aromatic carbocycles. The number of nitrogens with zero attached hydrogens (tertiary/aromatic N) is 3. The Morgan fingerprint density at radius 2 is 2.08 bits per heavy atom. The summed E-state index contributed by atoms with van der Waals surface area (Å²) in [6.07, 6.45) is 4.01. The first-order valence-electron chi connectivity index (χ1n) is 8.38. The molecular weight excluding hydrogens is 346 g/mol. The molecule has 3 heterocycles. The molecule has 0 radical (unpaired) electrons. The number of carbonyl (C=O) groups is 1. The van der Waals surface area contributed by atoms with Gasteiger partial charge < -0.3 is 10.6 Å². The summed E-state index contributed by atoms with van der Waals surface area (Å²) < 4.78 is 0. The summed E-state index contributed by atoms with van der Waals surface area (Å²) in [6, 6.07) is 9.74. The van der Waals surface area contributed by atoms with Crippen molar-refractivity contribution in [2.45, 2.75) is 26.2 Å². The maximum absolute atomic E-state index is 11.6. The minimum absolute atomic E-state index is 0.0178. The zero-order chi connectivity index (χ0) is 18.5. The second kappa shape index (κ2) is 8.05. The van der Waals surface area contributed by atoms with Crippen molar-refractivity contribution in [3.63, 3.8) is 0 Å². The number of anilines is 2. The first-order valence-corrected chi connectivity index (χ1v) is 9.20. The Labute approximate surface area is 156 Å². The van der Waals surface area contributed by atoms with Gasteiger partial charge in [0.25, 0.3) is 0 Å². The summed E-state index contributed by atoms with van der Waals surface area (Å²) in [5.41, 5.74) is 1.98. The highest BCUT2D eigenvalue weighted by Gasteiger charge is 2.15. The van der Waals surface area contributed by atoms with Crippen LogP contribution in [0.2, 0.25) is 0 Å². The van der Waals surface area contributed by atoms with Crippen molar-refractivity contribution < 1.29 is 4.79 Å². The Balaban J connectivity index is 1.77. The van der Waals surface area contributed by atoms with E-state index in [4.69, 9.17) is 0 Å². The number of aryl methyl sites for hydroxylation is 1. The van der Waals surface area contributed by atoms with Crippen molar-refractivity contribution in [2.75, 3.05) is 12.4 Å². The third-order valence-electron chi connectivity index (χ3n) is 3.89. The van der Waals surface area contributed by atoms with E-state index in [9.17, 15) is 4.79 Å². The predicted molar refractivity (Wildman–Crippen MR) is 105 cm³/mol. The van der Waals surface area contributed by atoms with E-state index < -0.39 is 0 Å². The quantitative estimate of drug-likeness (QED) is 0.691. The zero-order valence-electron chi connectivity index (χ0n) is 15.0. The van der Waals surface area contributed by atoms with Crippen LogP contribution in [0.25, 0.3) is 10.6 Å². The Bertz CT molecular complexity index is 908. The number of hydrogen-bond donors (Lipinski definition) is 2. The van der Waals surface area contributed by atoms with Gasteiger partial charge in [0.05, 0.1) is 15.6 Å². The van der Waals surface area contributed by atoms with Gasteiger partial charge in [-0.25, -0.2) is 15.0 Å². The summed E-state index contributed by atoms with van der Waals surface area (Å²) in [5.74, 6) is 1.59. The summed E-state index contributed by atoms with van der Waals surface area (Å²) >= 11 is 1.57. The van der Waals surface area contributed by atoms with Gasteiger partial charge in [0, 0.05) is 31.8 Å². The summed E-state index contributed by atoms with van der Waals surface area (Å²) in [4.78, 5) is 26.0. The summed E-state index contributed by atoms with van der Waals surface area (Å²) in [7, 11) is 1.65. The number of aromatic nitrogens is 3. The average molecular weight is 367 g/mol. The van der Waals surface area contributed by atoms with Crippen molar-refractivity contribution in [3.05, 3.63) is 53.3 Å². The Hall–Kier alpha value is -2.80.